The molecule has 0 fully saturated rings. The molecule has 1 unspecified atom stereocenters. The normalized spacial score (nSPS) is 11.5. The quantitative estimate of drug-likeness (QED) is 0.766. The van der Waals surface area contributed by atoms with Crippen molar-refractivity contribution in [3.63, 3.8) is 0 Å². The first kappa shape index (κ1) is 15.5. The van der Waals surface area contributed by atoms with Crippen LogP contribution in [0, 0.1) is 17.2 Å². The van der Waals surface area contributed by atoms with E-state index in [1.807, 2.05) is 19.9 Å². The number of aliphatic carboxylic acids is 1. The highest BCUT2D eigenvalue weighted by Gasteiger charge is 2.19. The number of carboxylic acids is 1. The van der Waals surface area contributed by atoms with E-state index in [0.29, 0.717) is 11.3 Å². The lowest BCUT2D eigenvalue weighted by Crippen LogP contribution is -2.42. The van der Waals surface area contributed by atoms with Crippen molar-refractivity contribution in [2.75, 3.05) is 5.32 Å². The van der Waals surface area contributed by atoms with Crippen LogP contribution in [0.1, 0.15) is 25.8 Å². The Kier molecular flexibility index (Phi) is 5.54. The summed E-state index contributed by atoms with van der Waals surface area (Å²) in [7, 11) is 0. The molecule has 0 saturated carbocycles. The van der Waals surface area contributed by atoms with Crippen molar-refractivity contribution in [2.45, 2.75) is 26.3 Å². The van der Waals surface area contributed by atoms with Crippen LogP contribution in [0.4, 0.5) is 10.5 Å². The van der Waals surface area contributed by atoms with Crippen LogP contribution in [0.5, 0.6) is 0 Å². The van der Waals surface area contributed by atoms with E-state index >= 15 is 0 Å². The lowest BCUT2D eigenvalue weighted by Gasteiger charge is -2.21. The molecule has 1 aromatic rings. The summed E-state index contributed by atoms with van der Waals surface area (Å²) in [4.78, 5) is 22.6. The van der Waals surface area contributed by atoms with Gasteiger partial charge in [0.15, 0.2) is 0 Å². The number of rotatable bonds is 5. The van der Waals surface area contributed by atoms with Gasteiger partial charge in [0.05, 0.1) is 17.7 Å². The van der Waals surface area contributed by atoms with Crippen molar-refractivity contribution >= 4 is 17.7 Å². The summed E-state index contributed by atoms with van der Waals surface area (Å²) in [5, 5.41) is 22.9. The number of nitrogens with zero attached hydrogens (tertiary/aromatic N) is 1. The van der Waals surface area contributed by atoms with Gasteiger partial charge >= 0.3 is 12.0 Å². The van der Waals surface area contributed by atoms with E-state index in [0.717, 1.165) is 0 Å². The molecule has 0 aromatic heterocycles. The zero-order valence-electron chi connectivity index (χ0n) is 11.4. The highest BCUT2D eigenvalue weighted by molar-refractivity contribution is 5.91. The number of anilines is 1. The van der Waals surface area contributed by atoms with Gasteiger partial charge in [-0.1, -0.05) is 26.0 Å². The van der Waals surface area contributed by atoms with Crippen LogP contribution in [0.2, 0.25) is 0 Å². The maximum atomic E-state index is 11.9. The third-order valence-electron chi connectivity index (χ3n) is 2.81. The number of amides is 2. The number of urea groups is 1. The minimum atomic E-state index is -0.971. The Morgan fingerprint density at radius 2 is 2.00 bits per heavy atom. The smallest absolute Gasteiger partial charge is 0.319 e. The predicted octanol–water partition coefficient (Wildman–Crippen LogP) is 2.18. The molecular formula is C14H17N3O3. The summed E-state index contributed by atoms with van der Waals surface area (Å²) in [6.07, 6.45) is -0.148. The number of hydrogen-bond donors (Lipinski definition) is 3. The number of hydrogen-bond acceptors (Lipinski definition) is 3. The maximum absolute atomic E-state index is 11.9. The lowest BCUT2D eigenvalue weighted by atomic mass is 10.0. The second-order valence-corrected chi connectivity index (χ2v) is 4.70. The molecule has 6 heteroatoms. The van der Waals surface area contributed by atoms with E-state index in [4.69, 9.17) is 10.4 Å². The van der Waals surface area contributed by atoms with Crippen LogP contribution in [-0.2, 0) is 4.79 Å². The molecule has 1 atom stereocenters. The SMILES string of the molecule is CC(C)C(CC(=O)O)NC(=O)Nc1ccccc1C#N. The summed E-state index contributed by atoms with van der Waals surface area (Å²) in [5.74, 6) is -0.982. The molecule has 0 aliphatic rings. The van der Waals surface area contributed by atoms with Gasteiger partial charge in [-0.15, -0.1) is 0 Å². The Morgan fingerprint density at radius 3 is 2.55 bits per heavy atom. The van der Waals surface area contributed by atoms with E-state index in [9.17, 15) is 9.59 Å². The van der Waals surface area contributed by atoms with Gasteiger partial charge in [-0.2, -0.15) is 5.26 Å². The van der Waals surface area contributed by atoms with Gasteiger partial charge in [0.1, 0.15) is 6.07 Å². The van der Waals surface area contributed by atoms with Gasteiger partial charge in [0.2, 0.25) is 0 Å². The third-order valence-corrected chi connectivity index (χ3v) is 2.81. The van der Waals surface area contributed by atoms with Crippen LogP contribution in [0.15, 0.2) is 24.3 Å². The molecule has 0 aliphatic heterocycles. The monoisotopic (exact) mass is 275 g/mol. The van der Waals surface area contributed by atoms with Crippen molar-refractivity contribution in [2.24, 2.45) is 5.92 Å². The van der Waals surface area contributed by atoms with Crippen molar-refractivity contribution in [1.29, 1.82) is 5.26 Å². The molecule has 20 heavy (non-hydrogen) atoms. The lowest BCUT2D eigenvalue weighted by molar-refractivity contribution is -0.137. The van der Waals surface area contributed by atoms with Gasteiger partial charge in [-0.05, 0) is 18.1 Å². The summed E-state index contributed by atoms with van der Waals surface area (Å²) in [6.45, 7) is 3.66. The molecule has 0 heterocycles. The number of para-hydroxylation sites is 1. The largest absolute Gasteiger partial charge is 0.481 e. The number of carbonyl (C=O) groups excluding carboxylic acids is 1. The molecule has 0 aliphatic carbocycles. The van der Waals surface area contributed by atoms with Gasteiger partial charge in [-0.3, -0.25) is 4.79 Å². The molecule has 1 aromatic carbocycles. The molecule has 0 spiro atoms. The Morgan fingerprint density at radius 1 is 1.35 bits per heavy atom. The number of nitriles is 1. The molecule has 0 bridgehead atoms. The van der Waals surface area contributed by atoms with Crippen molar-refractivity contribution < 1.29 is 14.7 Å². The molecule has 1 rings (SSSR count). The van der Waals surface area contributed by atoms with Gasteiger partial charge in [0, 0.05) is 6.04 Å². The fraction of sp³-hybridized carbons (Fsp3) is 0.357. The van der Waals surface area contributed by atoms with Crippen molar-refractivity contribution in [3.05, 3.63) is 29.8 Å². The first-order valence-electron chi connectivity index (χ1n) is 6.22. The fourth-order valence-corrected chi connectivity index (χ4v) is 1.66. The van der Waals surface area contributed by atoms with Crippen LogP contribution in [0.3, 0.4) is 0 Å². The Labute approximate surface area is 117 Å². The summed E-state index contributed by atoms with van der Waals surface area (Å²) in [6, 6.07) is 7.58. The molecule has 3 N–H and O–H groups in total. The van der Waals surface area contributed by atoms with E-state index in [1.54, 1.807) is 24.3 Å². The van der Waals surface area contributed by atoms with E-state index in [-0.39, 0.29) is 12.3 Å². The summed E-state index contributed by atoms with van der Waals surface area (Å²) in [5.41, 5.74) is 0.743. The van der Waals surface area contributed by atoms with E-state index in [2.05, 4.69) is 10.6 Å². The first-order chi connectivity index (χ1) is 9.43. The molecular weight excluding hydrogens is 258 g/mol. The third kappa shape index (κ3) is 4.61. The minimum absolute atomic E-state index is 0.0111. The fourth-order valence-electron chi connectivity index (χ4n) is 1.66. The highest BCUT2D eigenvalue weighted by Crippen LogP contribution is 2.14. The number of benzene rings is 1. The van der Waals surface area contributed by atoms with Gasteiger partial charge < -0.3 is 15.7 Å². The first-order valence-corrected chi connectivity index (χ1v) is 6.22. The summed E-state index contributed by atoms with van der Waals surface area (Å²) >= 11 is 0. The van der Waals surface area contributed by atoms with Crippen LogP contribution in [0.25, 0.3) is 0 Å². The minimum Gasteiger partial charge on any atom is -0.481 e. The van der Waals surface area contributed by atoms with Gasteiger partial charge in [0.25, 0.3) is 0 Å². The molecule has 0 radical (unpaired) electrons. The van der Waals surface area contributed by atoms with Crippen molar-refractivity contribution in [3.8, 4) is 6.07 Å². The second-order valence-electron chi connectivity index (χ2n) is 4.70. The van der Waals surface area contributed by atoms with E-state index in [1.165, 1.54) is 0 Å². The van der Waals surface area contributed by atoms with Crippen molar-refractivity contribution in [1.82, 2.24) is 5.32 Å². The Bertz CT molecular complexity index is 535. The van der Waals surface area contributed by atoms with E-state index < -0.39 is 18.0 Å². The Hall–Kier alpha value is -2.55. The predicted molar refractivity (Wildman–Crippen MR) is 74.2 cm³/mol. The second kappa shape index (κ2) is 7.14. The topological polar surface area (TPSA) is 102 Å². The number of nitrogens with one attached hydrogen (secondary N) is 2. The zero-order chi connectivity index (χ0) is 15.1. The zero-order valence-corrected chi connectivity index (χ0v) is 11.4. The molecule has 2 amide bonds. The molecule has 106 valence electrons. The average molecular weight is 275 g/mol. The van der Waals surface area contributed by atoms with Crippen LogP contribution >= 0.6 is 0 Å². The van der Waals surface area contributed by atoms with Gasteiger partial charge in [-0.25, -0.2) is 4.79 Å². The number of carbonyl (C=O) groups is 2. The molecule has 6 nitrogen and oxygen atoms in total. The van der Waals surface area contributed by atoms with Crippen LogP contribution in [-0.4, -0.2) is 23.1 Å². The standard InChI is InChI=1S/C14H17N3O3/c1-9(2)12(7-13(18)19)17-14(20)16-11-6-4-3-5-10(11)8-15/h3-6,9,12H,7H2,1-2H3,(H,18,19)(H2,16,17,20). The highest BCUT2D eigenvalue weighted by atomic mass is 16.4. The average Bonchev–Trinajstić information content (AvgIpc) is 2.37. The van der Waals surface area contributed by atoms with Crippen LogP contribution < -0.4 is 10.6 Å². The number of carboxylic acid groups (broad SMARTS) is 1. The Balaban J connectivity index is 2.71. The summed E-state index contributed by atoms with van der Waals surface area (Å²) < 4.78 is 0. The molecule has 0 saturated heterocycles. The maximum Gasteiger partial charge on any atom is 0.319 e.